The largest absolute Gasteiger partial charge is 0.491 e. The number of aliphatic hydroxyl groups excluding tert-OH is 1. The second-order valence-electron chi connectivity index (χ2n) is 5.55. The van der Waals surface area contributed by atoms with Crippen molar-refractivity contribution in [1.29, 1.82) is 0 Å². The average molecular weight is 378 g/mol. The van der Waals surface area contributed by atoms with Crippen molar-refractivity contribution < 1.29 is 28.0 Å². The second-order valence-corrected chi connectivity index (χ2v) is 7.38. The molecular formula is C16H14N2O7S. The summed E-state index contributed by atoms with van der Waals surface area (Å²) in [6, 6.07) is 11.0. The molecule has 1 heterocycles. The Morgan fingerprint density at radius 3 is 2.42 bits per heavy atom. The molecule has 26 heavy (non-hydrogen) atoms. The van der Waals surface area contributed by atoms with E-state index in [1.165, 1.54) is 42.5 Å². The fraction of sp³-hybridized carbons (Fsp3) is 0.188. The number of fused-ring (bicyclic) bond motifs is 1. The van der Waals surface area contributed by atoms with E-state index < -0.39 is 33.5 Å². The SMILES string of the molecule is O=C1c2ccccc2S(=O)(=O)N1C[C@H](O)COc1ccc([N+](=O)[O-])cc1. The zero-order valence-corrected chi connectivity index (χ0v) is 14.1. The number of hydrogen-bond donors (Lipinski definition) is 1. The maximum atomic E-state index is 12.4. The van der Waals surface area contributed by atoms with Crippen LogP contribution in [-0.4, -0.2) is 47.9 Å². The number of nitrogens with zero attached hydrogens (tertiary/aromatic N) is 2. The molecular weight excluding hydrogens is 364 g/mol. The summed E-state index contributed by atoms with van der Waals surface area (Å²) >= 11 is 0. The number of ether oxygens (including phenoxy) is 1. The molecule has 2 aromatic carbocycles. The van der Waals surface area contributed by atoms with Gasteiger partial charge in [0.1, 0.15) is 23.4 Å². The number of rotatable bonds is 6. The Balaban J connectivity index is 1.64. The van der Waals surface area contributed by atoms with Gasteiger partial charge in [-0.25, -0.2) is 12.7 Å². The molecule has 0 saturated heterocycles. The highest BCUT2D eigenvalue weighted by Gasteiger charge is 2.41. The predicted octanol–water partition coefficient (Wildman–Crippen LogP) is 1.18. The molecule has 0 aliphatic carbocycles. The number of aliphatic hydroxyl groups is 1. The van der Waals surface area contributed by atoms with Gasteiger partial charge in [-0.05, 0) is 24.3 Å². The van der Waals surface area contributed by atoms with Gasteiger partial charge in [-0.2, -0.15) is 0 Å². The summed E-state index contributed by atoms with van der Waals surface area (Å²) in [5.41, 5.74) is -0.0413. The van der Waals surface area contributed by atoms with E-state index in [1.54, 1.807) is 6.07 Å². The molecule has 136 valence electrons. The van der Waals surface area contributed by atoms with Crippen LogP contribution in [0.15, 0.2) is 53.4 Å². The lowest BCUT2D eigenvalue weighted by Gasteiger charge is -2.19. The normalized spacial score (nSPS) is 16.2. The number of carbonyl (C=O) groups is 1. The highest BCUT2D eigenvalue weighted by molar-refractivity contribution is 7.90. The van der Waals surface area contributed by atoms with E-state index in [0.29, 0.717) is 4.31 Å². The van der Waals surface area contributed by atoms with Crippen LogP contribution in [0.3, 0.4) is 0 Å². The standard InChI is InChI=1S/C16H14N2O7S/c19-12(10-25-13-7-5-11(6-8-13)18(21)22)9-17-16(20)14-3-1-2-4-15(14)26(17,23)24/h1-8,12,19H,9-10H2/t12-/m0/s1. The first-order valence-corrected chi connectivity index (χ1v) is 8.96. The van der Waals surface area contributed by atoms with E-state index in [4.69, 9.17) is 4.74 Å². The summed E-state index contributed by atoms with van der Waals surface area (Å²) < 4.78 is 30.7. The van der Waals surface area contributed by atoms with Crippen molar-refractivity contribution in [3.63, 3.8) is 0 Å². The van der Waals surface area contributed by atoms with Crippen molar-refractivity contribution in [2.75, 3.05) is 13.2 Å². The Morgan fingerprint density at radius 1 is 1.15 bits per heavy atom. The van der Waals surface area contributed by atoms with Gasteiger partial charge < -0.3 is 9.84 Å². The molecule has 0 bridgehead atoms. The zero-order valence-electron chi connectivity index (χ0n) is 13.3. The summed E-state index contributed by atoms with van der Waals surface area (Å²) in [4.78, 5) is 22.2. The smallest absolute Gasteiger partial charge is 0.269 e. The molecule has 1 aliphatic rings. The van der Waals surface area contributed by atoms with Crippen LogP contribution in [0, 0.1) is 10.1 Å². The van der Waals surface area contributed by atoms with Gasteiger partial charge in [-0.15, -0.1) is 0 Å². The molecule has 2 aromatic rings. The fourth-order valence-electron chi connectivity index (χ4n) is 2.51. The molecule has 0 saturated carbocycles. The summed E-state index contributed by atoms with van der Waals surface area (Å²) in [6.45, 7) is -0.740. The van der Waals surface area contributed by atoms with E-state index in [9.17, 15) is 28.4 Å². The van der Waals surface area contributed by atoms with Gasteiger partial charge in [0, 0.05) is 12.1 Å². The molecule has 1 atom stereocenters. The molecule has 10 heteroatoms. The monoisotopic (exact) mass is 378 g/mol. The van der Waals surface area contributed by atoms with Crippen LogP contribution in [0.25, 0.3) is 0 Å². The van der Waals surface area contributed by atoms with Crippen LogP contribution < -0.4 is 4.74 Å². The molecule has 0 fully saturated rings. The Labute approximate surface area is 148 Å². The Hall–Kier alpha value is -2.98. The first kappa shape index (κ1) is 17.8. The van der Waals surface area contributed by atoms with Crippen LogP contribution in [0.5, 0.6) is 5.75 Å². The minimum absolute atomic E-state index is 0.0657. The molecule has 1 aliphatic heterocycles. The van der Waals surface area contributed by atoms with Gasteiger partial charge in [0.2, 0.25) is 0 Å². The molecule has 0 spiro atoms. The lowest BCUT2D eigenvalue weighted by atomic mass is 10.2. The van der Waals surface area contributed by atoms with Crippen molar-refractivity contribution in [3.05, 3.63) is 64.2 Å². The Bertz CT molecular complexity index is 957. The lowest BCUT2D eigenvalue weighted by molar-refractivity contribution is -0.384. The third-order valence-electron chi connectivity index (χ3n) is 3.78. The summed E-state index contributed by atoms with van der Waals surface area (Å²) in [7, 11) is -4.00. The van der Waals surface area contributed by atoms with Gasteiger partial charge in [-0.3, -0.25) is 14.9 Å². The fourth-order valence-corrected chi connectivity index (χ4v) is 4.12. The Morgan fingerprint density at radius 2 is 1.81 bits per heavy atom. The number of nitro benzene ring substituents is 1. The summed E-state index contributed by atoms with van der Waals surface area (Å²) in [5.74, 6) is -0.427. The first-order chi connectivity index (χ1) is 12.3. The molecule has 9 nitrogen and oxygen atoms in total. The number of sulfonamides is 1. The van der Waals surface area contributed by atoms with Gasteiger partial charge >= 0.3 is 0 Å². The third kappa shape index (κ3) is 3.24. The molecule has 1 amide bonds. The van der Waals surface area contributed by atoms with Crippen LogP contribution in [0.4, 0.5) is 5.69 Å². The second kappa shape index (κ2) is 6.73. The number of hydrogen-bond acceptors (Lipinski definition) is 7. The quantitative estimate of drug-likeness (QED) is 0.590. The minimum atomic E-state index is -4.00. The average Bonchev–Trinajstić information content (AvgIpc) is 2.81. The van der Waals surface area contributed by atoms with Gasteiger partial charge in [0.25, 0.3) is 21.6 Å². The van der Waals surface area contributed by atoms with Gasteiger partial charge in [0.15, 0.2) is 0 Å². The lowest BCUT2D eigenvalue weighted by Crippen LogP contribution is -2.39. The van der Waals surface area contributed by atoms with Gasteiger partial charge in [0.05, 0.1) is 17.0 Å². The van der Waals surface area contributed by atoms with Crippen LogP contribution in [0.2, 0.25) is 0 Å². The number of amides is 1. The van der Waals surface area contributed by atoms with E-state index in [2.05, 4.69) is 0 Å². The van der Waals surface area contributed by atoms with E-state index in [1.807, 2.05) is 0 Å². The number of carbonyl (C=O) groups excluding carboxylic acids is 1. The molecule has 0 unspecified atom stereocenters. The Kier molecular flexibility index (Phi) is 4.62. The van der Waals surface area contributed by atoms with E-state index in [0.717, 1.165) is 0 Å². The molecule has 1 N–H and O–H groups in total. The molecule has 3 rings (SSSR count). The molecule has 0 aromatic heterocycles. The highest BCUT2D eigenvalue weighted by atomic mass is 32.2. The first-order valence-electron chi connectivity index (χ1n) is 7.52. The maximum Gasteiger partial charge on any atom is 0.269 e. The van der Waals surface area contributed by atoms with Crippen LogP contribution in [-0.2, 0) is 10.0 Å². The topological polar surface area (TPSA) is 127 Å². The van der Waals surface area contributed by atoms with Crippen molar-refractivity contribution in [2.24, 2.45) is 0 Å². The maximum absolute atomic E-state index is 12.4. The number of non-ortho nitro benzene ring substituents is 1. The van der Waals surface area contributed by atoms with Crippen molar-refractivity contribution in [3.8, 4) is 5.75 Å². The predicted molar refractivity (Wildman–Crippen MR) is 89.3 cm³/mol. The van der Waals surface area contributed by atoms with Gasteiger partial charge in [-0.1, -0.05) is 12.1 Å². The van der Waals surface area contributed by atoms with Crippen molar-refractivity contribution >= 4 is 21.6 Å². The van der Waals surface area contributed by atoms with E-state index >= 15 is 0 Å². The highest BCUT2D eigenvalue weighted by Crippen LogP contribution is 2.30. The minimum Gasteiger partial charge on any atom is -0.491 e. The van der Waals surface area contributed by atoms with Crippen LogP contribution >= 0.6 is 0 Å². The summed E-state index contributed by atoms with van der Waals surface area (Å²) in [6.07, 6.45) is -1.27. The number of benzene rings is 2. The third-order valence-corrected chi connectivity index (χ3v) is 5.59. The van der Waals surface area contributed by atoms with Crippen molar-refractivity contribution in [1.82, 2.24) is 4.31 Å². The number of β-amino-alcohol motifs (C(OH)–C–C–N with tert-alkyl or cyclic N) is 1. The van der Waals surface area contributed by atoms with Crippen molar-refractivity contribution in [2.45, 2.75) is 11.0 Å². The van der Waals surface area contributed by atoms with Crippen LogP contribution in [0.1, 0.15) is 10.4 Å². The van der Waals surface area contributed by atoms with E-state index in [-0.39, 0.29) is 28.5 Å². The molecule has 0 radical (unpaired) electrons. The summed E-state index contributed by atoms with van der Waals surface area (Å²) in [5, 5.41) is 20.6. The number of nitro groups is 1. The zero-order chi connectivity index (χ0) is 18.9.